The van der Waals surface area contributed by atoms with Gasteiger partial charge in [-0.25, -0.2) is 4.68 Å². The fourth-order valence-corrected chi connectivity index (χ4v) is 4.13. The van der Waals surface area contributed by atoms with Crippen molar-refractivity contribution in [2.75, 3.05) is 16.3 Å². The van der Waals surface area contributed by atoms with Crippen LogP contribution in [0.1, 0.15) is 36.6 Å². The van der Waals surface area contributed by atoms with Crippen molar-refractivity contribution in [3.63, 3.8) is 0 Å². The third-order valence-corrected chi connectivity index (χ3v) is 5.89. The summed E-state index contributed by atoms with van der Waals surface area (Å²) >= 11 is 0. The van der Waals surface area contributed by atoms with Crippen LogP contribution in [0.2, 0.25) is 0 Å². The minimum Gasteiger partial charge on any atom is -0.368 e. The molecule has 10 nitrogen and oxygen atoms in total. The molecule has 0 spiro atoms. The van der Waals surface area contributed by atoms with E-state index in [1.54, 1.807) is 31.2 Å². The minimum absolute atomic E-state index is 0.000838. The second-order valence-electron chi connectivity index (χ2n) is 8.36. The van der Waals surface area contributed by atoms with E-state index in [0.717, 1.165) is 17.0 Å². The number of aromatic nitrogens is 3. The highest BCUT2D eigenvalue weighted by atomic mass is 19.4. The second-order valence-corrected chi connectivity index (χ2v) is 8.36. The second kappa shape index (κ2) is 9.71. The van der Waals surface area contributed by atoms with Crippen molar-refractivity contribution in [3.05, 3.63) is 76.5 Å². The monoisotopic (exact) mass is 520 g/mol. The molecule has 0 saturated carbocycles. The first kappa shape index (κ1) is 25.9. The average Bonchev–Trinajstić information content (AvgIpc) is 3.30. The van der Waals surface area contributed by atoms with Gasteiger partial charge in [0.05, 0.1) is 28.8 Å². The molecule has 192 valence electrons. The summed E-state index contributed by atoms with van der Waals surface area (Å²) < 4.78 is 41.8. The zero-order valence-electron chi connectivity index (χ0n) is 20.1. The standard InChI is InChI=1S/C25H19F3N8O2/c1-14-20(12-30)22(17-8-6-16(11-29)7-9-17)36-24(32-23(33-36)34(15(2)37)13-21(31)38)35(14)19-5-3-4-18(10-19)25(26,27)28/h3-10,22H,13H2,1-2H3,(H2,31,38)/t22-/m1/s1. The van der Waals surface area contributed by atoms with E-state index in [1.165, 1.54) is 28.6 Å². The van der Waals surface area contributed by atoms with Crippen LogP contribution in [0.4, 0.5) is 30.8 Å². The number of primary amides is 1. The predicted octanol–water partition coefficient (Wildman–Crippen LogP) is 3.55. The van der Waals surface area contributed by atoms with E-state index in [9.17, 15) is 28.0 Å². The Bertz CT molecular complexity index is 1540. The van der Waals surface area contributed by atoms with Crippen molar-refractivity contribution < 1.29 is 22.8 Å². The molecule has 0 radical (unpaired) electrons. The fraction of sp³-hybridized carbons (Fsp3) is 0.200. The molecule has 3 aromatic rings. The van der Waals surface area contributed by atoms with Gasteiger partial charge in [-0.1, -0.05) is 18.2 Å². The number of halogens is 3. The maximum absolute atomic E-state index is 13.5. The molecule has 0 bridgehead atoms. The van der Waals surface area contributed by atoms with E-state index in [2.05, 4.69) is 16.2 Å². The van der Waals surface area contributed by atoms with Gasteiger partial charge >= 0.3 is 6.18 Å². The van der Waals surface area contributed by atoms with Crippen molar-refractivity contribution in [1.29, 1.82) is 10.5 Å². The number of amides is 2. The molecule has 1 aliphatic heterocycles. The number of carbonyl (C=O) groups is 2. The lowest BCUT2D eigenvalue weighted by Gasteiger charge is -2.34. The molecule has 38 heavy (non-hydrogen) atoms. The van der Waals surface area contributed by atoms with Gasteiger partial charge in [0.15, 0.2) is 0 Å². The number of nitrogens with two attached hydrogens (primary N) is 1. The van der Waals surface area contributed by atoms with Gasteiger partial charge in [-0.05, 0) is 42.8 Å². The summed E-state index contributed by atoms with van der Waals surface area (Å²) in [6.45, 7) is 2.19. The number of carbonyl (C=O) groups excluding carboxylic acids is 2. The molecular formula is C25H19F3N8O2. The molecule has 0 fully saturated rings. The Hall–Kier alpha value is -5.17. The number of rotatable bonds is 5. The molecule has 0 saturated heterocycles. The van der Waals surface area contributed by atoms with E-state index in [1.807, 2.05) is 6.07 Å². The van der Waals surface area contributed by atoms with Crippen molar-refractivity contribution >= 4 is 29.4 Å². The Labute approximate surface area is 214 Å². The molecule has 13 heteroatoms. The maximum atomic E-state index is 13.5. The highest BCUT2D eigenvalue weighted by Crippen LogP contribution is 2.43. The van der Waals surface area contributed by atoms with Crippen LogP contribution < -0.4 is 15.5 Å². The molecule has 1 aromatic heterocycles. The Kier molecular flexibility index (Phi) is 6.62. The lowest BCUT2D eigenvalue weighted by atomic mass is 9.95. The summed E-state index contributed by atoms with van der Waals surface area (Å²) in [4.78, 5) is 30.6. The topological polar surface area (TPSA) is 145 Å². The summed E-state index contributed by atoms with van der Waals surface area (Å²) in [5.41, 5.74) is 5.74. The molecular weight excluding hydrogens is 501 g/mol. The average molecular weight is 520 g/mol. The van der Waals surface area contributed by atoms with Gasteiger partial charge in [0, 0.05) is 18.3 Å². The van der Waals surface area contributed by atoms with Crippen LogP contribution >= 0.6 is 0 Å². The van der Waals surface area contributed by atoms with Crippen molar-refractivity contribution in [3.8, 4) is 12.1 Å². The van der Waals surface area contributed by atoms with E-state index < -0.39 is 36.1 Å². The van der Waals surface area contributed by atoms with E-state index in [-0.39, 0.29) is 28.9 Å². The maximum Gasteiger partial charge on any atom is 0.416 e. The molecule has 1 aliphatic rings. The van der Waals surface area contributed by atoms with Crippen LogP contribution in [-0.2, 0) is 15.8 Å². The normalized spacial score (nSPS) is 14.9. The smallest absolute Gasteiger partial charge is 0.368 e. The van der Waals surface area contributed by atoms with Crippen LogP contribution in [0.5, 0.6) is 0 Å². The number of hydrogen-bond donors (Lipinski definition) is 1. The number of nitriles is 2. The van der Waals surface area contributed by atoms with Gasteiger partial charge in [0.25, 0.3) is 5.95 Å². The van der Waals surface area contributed by atoms with Gasteiger partial charge in [0.1, 0.15) is 12.6 Å². The van der Waals surface area contributed by atoms with Crippen molar-refractivity contribution in [1.82, 2.24) is 14.8 Å². The number of anilines is 3. The van der Waals surface area contributed by atoms with E-state index in [0.29, 0.717) is 11.1 Å². The van der Waals surface area contributed by atoms with Crippen LogP contribution in [0.15, 0.2) is 59.8 Å². The quantitative estimate of drug-likeness (QED) is 0.542. The first-order valence-electron chi connectivity index (χ1n) is 11.1. The minimum atomic E-state index is -4.63. The lowest BCUT2D eigenvalue weighted by molar-refractivity contribution is -0.137. The van der Waals surface area contributed by atoms with Crippen LogP contribution in [-0.4, -0.2) is 33.1 Å². The van der Waals surface area contributed by atoms with Crippen LogP contribution in [0.3, 0.4) is 0 Å². The van der Waals surface area contributed by atoms with Crippen LogP contribution in [0.25, 0.3) is 0 Å². The number of benzene rings is 2. The zero-order chi connectivity index (χ0) is 27.8. The summed E-state index contributed by atoms with van der Waals surface area (Å²) in [7, 11) is 0. The summed E-state index contributed by atoms with van der Waals surface area (Å²) in [6.07, 6.45) is -4.63. The van der Waals surface area contributed by atoms with Gasteiger partial charge in [-0.2, -0.15) is 28.7 Å². The van der Waals surface area contributed by atoms with Crippen molar-refractivity contribution in [2.24, 2.45) is 5.73 Å². The first-order valence-corrected chi connectivity index (χ1v) is 11.1. The highest BCUT2D eigenvalue weighted by molar-refractivity contribution is 5.95. The van der Waals surface area contributed by atoms with Gasteiger partial charge in [0.2, 0.25) is 17.8 Å². The lowest BCUT2D eigenvalue weighted by Crippen LogP contribution is -2.38. The highest BCUT2D eigenvalue weighted by Gasteiger charge is 2.38. The molecule has 0 unspecified atom stereocenters. The summed E-state index contributed by atoms with van der Waals surface area (Å²) in [5, 5.41) is 23.7. The van der Waals surface area contributed by atoms with Gasteiger partial charge in [-0.3, -0.25) is 19.4 Å². The van der Waals surface area contributed by atoms with E-state index in [4.69, 9.17) is 11.0 Å². The van der Waals surface area contributed by atoms with Gasteiger partial charge in [-0.15, -0.1) is 5.10 Å². The molecule has 2 heterocycles. The molecule has 2 N–H and O–H groups in total. The SMILES string of the molecule is CC(=O)N(CC(N)=O)c1nc2n(n1)[C@H](c1ccc(C#N)cc1)C(C#N)=C(C)N2c1cccc(C(F)(F)F)c1. The molecule has 1 atom stereocenters. The first-order chi connectivity index (χ1) is 18.0. The summed E-state index contributed by atoms with van der Waals surface area (Å²) in [6, 6.07) is 14.0. The third-order valence-electron chi connectivity index (χ3n) is 5.89. The Morgan fingerprint density at radius 3 is 2.37 bits per heavy atom. The largest absolute Gasteiger partial charge is 0.416 e. The fourth-order valence-electron chi connectivity index (χ4n) is 4.13. The summed E-state index contributed by atoms with van der Waals surface area (Å²) in [5.74, 6) is -1.66. The Morgan fingerprint density at radius 2 is 1.82 bits per heavy atom. The molecule has 4 rings (SSSR count). The van der Waals surface area contributed by atoms with E-state index >= 15 is 0 Å². The number of alkyl halides is 3. The molecule has 2 aromatic carbocycles. The molecule has 2 amide bonds. The molecule has 0 aliphatic carbocycles. The number of allylic oxidation sites excluding steroid dienone is 2. The third kappa shape index (κ3) is 4.65. The predicted molar refractivity (Wildman–Crippen MR) is 128 cm³/mol. The number of nitrogens with zero attached hydrogens (tertiary/aromatic N) is 7. The Morgan fingerprint density at radius 1 is 1.13 bits per heavy atom. The van der Waals surface area contributed by atoms with Crippen molar-refractivity contribution in [2.45, 2.75) is 26.1 Å². The number of hydrogen-bond acceptors (Lipinski definition) is 7. The van der Waals surface area contributed by atoms with Crippen LogP contribution in [0, 0.1) is 22.7 Å². The zero-order valence-corrected chi connectivity index (χ0v) is 20.1. The Balaban J connectivity index is 1.99. The van der Waals surface area contributed by atoms with Gasteiger partial charge < -0.3 is 5.73 Å². The number of fused-ring (bicyclic) bond motifs is 1.